The quantitative estimate of drug-likeness (QED) is 0.797. The lowest BCUT2D eigenvalue weighted by atomic mass is 9.95. The molecule has 1 rings (SSSR count). The molecule has 1 aromatic rings. The van der Waals surface area contributed by atoms with Gasteiger partial charge in [0.2, 0.25) is 0 Å². The normalized spacial score (nSPS) is 11.2. The Morgan fingerprint density at radius 2 is 1.94 bits per heavy atom. The molecule has 0 bridgehead atoms. The summed E-state index contributed by atoms with van der Waals surface area (Å²) < 4.78 is 5.52. The molecule has 1 aromatic carbocycles. The monoisotopic (exact) mass is 223 g/mol. The van der Waals surface area contributed by atoms with E-state index in [0.717, 1.165) is 0 Å². The molecule has 0 aromatic heterocycles. The van der Waals surface area contributed by atoms with Crippen molar-refractivity contribution in [2.24, 2.45) is 11.1 Å². The van der Waals surface area contributed by atoms with Gasteiger partial charge in [-0.3, -0.25) is 0 Å². The molecule has 0 amide bonds. The number of carbonyl (C=O) groups is 1. The third-order valence-corrected chi connectivity index (χ3v) is 2.28. The first-order chi connectivity index (χ1) is 7.44. The fourth-order valence-corrected chi connectivity index (χ4v) is 1.03. The zero-order valence-corrected chi connectivity index (χ0v) is 9.56. The highest BCUT2D eigenvalue weighted by atomic mass is 16.5. The fraction of sp³-hybridized carbons (Fsp3) is 0.417. The van der Waals surface area contributed by atoms with Crippen LogP contribution < -0.4 is 10.5 Å². The van der Waals surface area contributed by atoms with E-state index in [9.17, 15) is 4.79 Å². The van der Waals surface area contributed by atoms with Crippen LogP contribution in [0.15, 0.2) is 24.3 Å². The number of hydrogen-bond donors (Lipinski definition) is 2. The molecule has 4 nitrogen and oxygen atoms in total. The molecule has 0 aliphatic rings. The highest BCUT2D eigenvalue weighted by Crippen LogP contribution is 2.17. The maximum atomic E-state index is 10.6. The molecule has 0 atom stereocenters. The smallest absolute Gasteiger partial charge is 0.335 e. The number of nitrogens with two attached hydrogens (primary N) is 1. The van der Waals surface area contributed by atoms with Gasteiger partial charge in [0.25, 0.3) is 0 Å². The lowest BCUT2D eigenvalue weighted by molar-refractivity contribution is 0.0697. The average molecular weight is 223 g/mol. The minimum atomic E-state index is -0.936. The molecule has 0 saturated heterocycles. The second-order valence-electron chi connectivity index (χ2n) is 4.49. The van der Waals surface area contributed by atoms with E-state index in [4.69, 9.17) is 15.6 Å². The molecule has 0 spiro atoms. The second-order valence-corrected chi connectivity index (χ2v) is 4.49. The van der Waals surface area contributed by atoms with Crippen molar-refractivity contribution in [3.05, 3.63) is 29.8 Å². The van der Waals surface area contributed by atoms with Crippen LogP contribution in [0, 0.1) is 5.41 Å². The van der Waals surface area contributed by atoms with Gasteiger partial charge in [0.05, 0.1) is 12.2 Å². The van der Waals surface area contributed by atoms with E-state index in [2.05, 4.69) is 0 Å². The summed E-state index contributed by atoms with van der Waals surface area (Å²) in [5.74, 6) is -0.277. The molecule has 4 heteroatoms. The summed E-state index contributed by atoms with van der Waals surface area (Å²) in [5.41, 5.74) is 5.75. The molecule has 3 N–H and O–H groups in total. The van der Waals surface area contributed by atoms with Crippen LogP contribution in [0.1, 0.15) is 24.2 Å². The lowest BCUT2D eigenvalue weighted by Gasteiger charge is -2.22. The van der Waals surface area contributed by atoms with E-state index in [0.29, 0.717) is 18.9 Å². The maximum Gasteiger partial charge on any atom is 0.335 e. The topological polar surface area (TPSA) is 72.5 Å². The first-order valence-corrected chi connectivity index (χ1v) is 5.11. The van der Waals surface area contributed by atoms with E-state index < -0.39 is 5.97 Å². The predicted octanol–water partition coefficient (Wildman–Crippen LogP) is 1.75. The Bertz CT molecular complexity index is 357. The number of rotatable bonds is 5. The van der Waals surface area contributed by atoms with Gasteiger partial charge in [-0.2, -0.15) is 0 Å². The summed E-state index contributed by atoms with van der Waals surface area (Å²) >= 11 is 0. The van der Waals surface area contributed by atoms with Crippen LogP contribution in [-0.2, 0) is 0 Å². The van der Waals surface area contributed by atoms with Crippen molar-refractivity contribution in [2.75, 3.05) is 13.2 Å². The number of benzene rings is 1. The van der Waals surface area contributed by atoms with E-state index in [1.165, 1.54) is 12.1 Å². The fourth-order valence-electron chi connectivity index (χ4n) is 1.03. The van der Waals surface area contributed by atoms with Crippen LogP contribution in [-0.4, -0.2) is 24.2 Å². The standard InChI is InChI=1S/C12H17NO3/c1-12(2,7-13)8-16-10-5-3-9(4-6-10)11(14)15/h3-6H,7-8,13H2,1-2H3,(H,14,15). The van der Waals surface area contributed by atoms with Crippen molar-refractivity contribution in [2.45, 2.75) is 13.8 Å². The molecule has 0 heterocycles. The summed E-state index contributed by atoms with van der Waals surface area (Å²) in [7, 11) is 0. The van der Waals surface area contributed by atoms with Gasteiger partial charge in [0, 0.05) is 12.0 Å². The van der Waals surface area contributed by atoms with Crippen LogP contribution in [0.3, 0.4) is 0 Å². The largest absolute Gasteiger partial charge is 0.493 e. The Morgan fingerprint density at radius 3 is 2.38 bits per heavy atom. The van der Waals surface area contributed by atoms with Gasteiger partial charge >= 0.3 is 5.97 Å². The number of aromatic carboxylic acids is 1. The lowest BCUT2D eigenvalue weighted by Crippen LogP contribution is -2.30. The van der Waals surface area contributed by atoms with Crippen LogP contribution in [0.5, 0.6) is 5.75 Å². The highest BCUT2D eigenvalue weighted by Gasteiger charge is 2.16. The zero-order chi connectivity index (χ0) is 12.2. The van der Waals surface area contributed by atoms with Crippen molar-refractivity contribution < 1.29 is 14.6 Å². The van der Waals surface area contributed by atoms with Crippen molar-refractivity contribution in [1.29, 1.82) is 0 Å². The van der Waals surface area contributed by atoms with Gasteiger partial charge in [-0.25, -0.2) is 4.79 Å². The molecular weight excluding hydrogens is 206 g/mol. The third-order valence-electron chi connectivity index (χ3n) is 2.28. The molecule has 16 heavy (non-hydrogen) atoms. The Hall–Kier alpha value is -1.55. The minimum absolute atomic E-state index is 0.0779. The van der Waals surface area contributed by atoms with Gasteiger partial charge in [-0.15, -0.1) is 0 Å². The van der Waals surface area contributed by atoms with Crippen LogP contribution >= 0.6 is 0 Å². The van der Waals surface area contributed by atoms with Crippen molar-refractivity contribution in [3.63, 3.8) is 0 Å². The Kier molecular flexibility index (Phi) is 3.90. The van der Waals surface area contributed by atoms with E-state index in [1.54, 1.807) is 12.1 Å². The van der Waals surface area contributed by atoms with Crippen molar-refractivity contribution in [3.8, 4) is 5.75 Å². The summed E-state index contributed by atoms with van der Waals surface area (Å²) in [4.78, 5) is 10.6. The molecule has 88 valence electrons. The first-order valence-electron chi connectivity index (χ1n) is 5.11. The summed E-state index contributed by atoms with van der Waals surface area (Å²) in [6.07, 6.45) is 0. The second kappa shape index (κ2) is 4.99. The summed E-state index contributed by atoms with van der Waals surface area (Å²) in [5, 5.41) is 8.72. The zero-order valence-electron chi connectivity index (χ0n) is 9.56. The Labute approximate surface area is 95.0 Å². The molecular formula is C12H17NO3. The minimum Gasteiger partial charge on any atom is -0.493 e. The van der Waals surface area contributed by atoms with Gasteiger partial charge < -0.3 is 15.6 Å². The van der Waals surface area contributed by atoms with Gasteiger partial charge in [-0.05, 0) is 24.3 Å². The third kappa shape index (κ3) is 3.55. The predicted molar refractivity (Wildman–Crippen MR) is 61.7 cm³/mol. The van der Waals surface area contributed by atoms with Gasteiger partial charge in [0.15, 0.2) is 0 Å². The molecule has 0 aliphatic heterocycles. The number of ether oxygens (including phenoxy) is 1. The number of hydrogen-bond acceptors (Lipinski definition) is 3. The van der Waals surface area contributed by atoms with Crippen LogP contribution in [0.25, 0.3) is 0 Å². The molecule has 0 saturated carbocycles. The van der Waals surface area contributed by atoms with Gasteiger partial charge in [-0.1, -0.05) is 13.8 Å². The Balaban J connectivity index is 2.59. The van der Waals surface area contributed by atoms with Crippen molar-refractivity contribution >= 4 is 5.97 Å². The Morgan fingerprint density at radius 1 is 1.38 bits per heavy atom. The van der Waals surface area contributed by atoms with Crippen molar-refractivity contribution in [1.82, 2.24) is 0 Å². The maximum absolute atomic E-state index is 10.6. The van der Waals surface area contributed by atoms with E-state index in [1.807, 2.05) is 13.8 Å². The SMILES string of the molecule is CC(C)(CN)COc1ccc(C(=O)O)cc1. The highest BCUT2D eigenvalue weighted by molar-refractivity contribution is 5.87. The first kappa shape index (κ1) is 12.5. The molecule has 0 fully saturated rings. The van der Waals surface area contributed by atoms with E-state index in [-0.39, 0.29) is 11.0 Å². The average Bonchev–Trinajstić information content (AvgIpc) is 2.27. The number of carboxylic acids is 1. The summed E-state index contributed by atoms with van der Waals surface area (Å²) in [6.45, 7) is 5.08. The van der Waals surface area contributed by atoms with Gasteiger partial charge in [0.1, 0.15) is 5.75 Å². The number of carboxylic acid groups (broad SMARTS) is 1. The molecule has 0 aliphatic carbocycles. The molecule has 0 radical (unpaired) electrons. The molecule has 0 unspecified atom stereocenters. The van der Waals surface area contributed by atoms with Crippen LogP contribution in [0.4, 0.5) is 0 Å². The van der Waals surface area contributed by atoms with Crippen LogP contribution in [0.2, 0.25) is 0 Å². The van der Waals surface area contributed by atoms with E-state index >= 15 is 0 Å². The summed E-state index contributed by atoms with van der Waals surface area (Å²) in [6, 6.07) is 6.34.